The van der Waals surface area contributed by atoms with Gasteiger partial charge in [0.2, 0.25) is 0 Å². The van der Waals surface area contributed by atoms with Crippen molar-refractivity contribution >= 4 is 17.6 Å². The summed E-state index contributed by atoms with van der Waals surface area (Å²) in [7, 11) is 2.96. The van der Waals surface area contributed by atoms with Gasteiger partial charge in [-0.15, -0.1) is 0 Å². The molecule has 0 saturated heterocycles. The summed E-state index contributed by atoms with van der Waals surface area (Å²) in [6.07, 6.45) is 1.73. The summed E-state index contributed by atoms with van der Waals surface area (Å²) in [5, 5.41) is 0.583. The molecule has 1 atom stereocenters. The lowest BCUT2D eigenvalue weighted by Gasteiger charge is -2.14. The highest BCUT2D eigenvalue weighted by atomic mass is 35.5. The summed E-state index contributed by atoms with van der Waals surface area (Å²) in [5.41, 5.74) is 6.90. The first-order valence-corrected chi connectivity index (χ1v) is 6.12. The third kappa shape index (κ3) is 4.20. The van der Waals surface area contributed by atoms with Crippen molar-refractivity contribution in [2.45, 2.75) is 25.3 Å². The molecule has 2 N–H and O–H groups in total. The number of ether oxygens (including phenoxy) is 2. The van der Waals surface area contributed by atoms with Crippen LogP contribution in [0.25, 0.3) is 0 Å². The summed E-state index contributed by atoms with van der Waals surface area (Å²) in [6, 6.07) is 5.22. The van der Waals surface area contributed by atoms with Crippen LogP contribution in [0.15, 0.2) is 18.2 Å². The first kappa shape index (κ1) is 14.8. The monoisotopic (exact) mass is 271 g/mol. The fraction of sp³-hybridized carbons (Fsp3) is 0.462. The van der Waals surface area contributed by atoms with Gasteiger partial charge < -0.3 is 15.2 Å². The summed E-state index contributed by atoms with van der Waals surface area (Å²) in [5.74, 6) is 0.480. The highest BCUT2D eigenvalue weighted by Crippen LogP contribution is 2.28. The third-order valence-corrected chi connectivity index (χ3v) is 3.06. The fourth-order valence-corrected chi connectivity index (χ4v) is 1.97. The van der Waals surface area contributed by atoms with Crippen LogP contribution in [0.5, 0.6) is 5.75 Å². The van der Waals surface area contributed by atoms with Crippen molar-refractivity contribution in [3.8, 4) is 5.75 Å². The lowest BCUT2D eigenvalue weighted by molar-refractivity contribution is -0.140. The lowest BCUT2D eigenvalue weighted by Crippen LogP contribution is -2.12. The van der Waals surface area contributed by atoms with E-state index in [1.807, 2.05) is 12.1 Å². The predicted molar refractivity (Wildman–Crippen MR) is 70.8 cm³/mol. The Morgan fingerprint density at radius 2 is 2.17 bits per heavy atom. The van der Waals surface area contributed by atoms with Gasteiger partial charge in [0.05, 0.1) is 14.2 Å². The molecule has 0 aliphatic carbocycles. The molecule has 18 heavy (non-hydrogen) atoms. The molecule has 1 aromatic rings. The molecule has 100 valence electrons. The molecule has 0 aliphatic rings. The number of hydrogen-bond donors (Lipinski definition) is 1. The number of esters is 1. The number of rotatable bonds is 6. The maximum atomic E-state index is 11.0. The highest BCUT2D eigenvalue weighted by Gasteiger charge is 2.12. The second kappa shape index (κ2) is 7.24. The smallest absolute Gasteiger partial charge is 0.305 e. The molecular weight excluding hydrogens is 254 g/mol. The second-order valence-electron chi connectivity index (χ2n) is 3.96. The van der Waals surface area contributed by atoms with Crippen molar-refractivity contribution in [3.63, 3.8) is 0 Å². The normalized spacial score (nSPS) is 12.0. The Morgan fingerprint density at radius 1 is 1.44 bits per heavy atom. The fourth-order valence-electron chi connectivity index (χ4n) is 1.66. The van der Waals surface area contributed by atoms with Crippen molar-refractivity contribution in [3.05, 3.63) is 28.8 Å². The molecular formula is C13H18ClNO3. The molecule has 1 rings (SSSR count). The van der Waals surface area contributed by atoms with Crippen molar-refractivity contribution in [2.75, 3.05) is 14.2 Å². The molecule has 0 spiro atoms. The van der Waals surface area contributed by atoms with Gasteiger partial charge in [0, 0.05) is 17.5 Å². The number of benzene rings is 1. The van der Waals surface area contributed by atoms with E-state index >= 15 is 0 Å². The zero-order valence-corrected chi connectivity index (χ0v) is 11.4. The average molecular weight is 272 g/mol. The largest absolute Gasteiger partial charge is 0.497 e. The topological polar surface area (TPSA) is 61.5 Å². The molecule has 0 heterocycles. The van der Waals surface area contributed by atoms with Crippen LogP contribution < -0.4 is 10.5 Å². The van der Waals surface area contributed by atoms with E-state index in [4.69, 9.17) is 22.1 Å². The zero-order valence-electron chi connectivity index (χ0n) is 10.6. The van der Waals surface area contributed by atoms with Crippen molar-refractivity contribution < 1.29 is 14.3 Å². The Balaban J connectivity index is 2.56. The highest BCUT2D eigenvalue weighted by molar-refractivity contribution is 6.31. The molecule has 0 saturated carbocycles. The van der Waals surface area contributed by atoms with E-state index in [-0.39, 0.29) is 12.0 Å². The summed E-state index contributed by atoms with van der Waals surface area (Å²) in [6.45, 7) is 0. The minimum atomic E-state index is -0.219. The van der Waals surface area contributed by atoms with Crippen LogP contribution in [-0.2, 0) is 9.53 Å². The van der Waals surface area contributed by atoms with Gasteiger partial charge in [-0.3, -0.25) is 4.79 Å². The first-order valence-electron chi connectivity index (χ1n) is 5.74. The van der Waals surface area contributed by atoms with Crippen LogP contribution in [0.1, 0.15) is 30.9 Å². The number of hydrogen-bond acceptors (Lipinski definition) is 4. The van der Waals surface area contributed by atoms with Crippen LogP contribution in [0.2, 0.25) is 5.02 Å². The van der Waals surface area contributed by atoms with E-state index in [1.165, 1.54) is 7.11 Å². The number of methoxy groups -OCH3 is 2. The van der Waals surface area contributed by atoms with Gasteiger partial charge in [-0.05, 0) is 30.5 Å². The van der Waals surface area contributed by atoms with Crippen LogP contribution in [0.4, 0.5) is 0 Å². The molecule has 0 aliphatic heterocycles. The van der Waals surface area contributed by atoms with Crippen LogP contribution in [-0.4, -0.2) is 20.2 Å². The predicted octanol–water partition coefficient (Wildman–Crippen LogP) is 2.69. The maximum Gasteiger partial charge on any atom is 0.305 e. The Hall–Kier alpha value is -1.26. The van der Waals surface area contributed by atoms with Gasteiger partial charge in [0.1, 0.15) is 5.75 Å². The van der Waals surface area contributed by atoms with Crippen LogP contribution >= 0.6 is 11.6 Å². The Kier molecular flexibility index (Phi) is 5.95. The van der Waals surface area contributed by atoms with Gasteiger partial charge in [-0.2, -0.15) is 0 Å². The number of nitrogens with two attached hydrogens (primary N) is 1. The minimum Gasteiger partial charge on any atom is -0.497 e. The first-order chi connectivity index (χ1) is 8.58. The molecule has 4 nitrogen and oxygen atoms in total. The Morgan fingerprint density at radius 3 is 2.72 bits per heavy atom. The molecule has 0 aromatic heterocycles. The Labute approximate surface area is 112 Å². The minimum absolute atomic E-state index is 0.187. The van der Waals surface area contributed by atoms with Crippen molar-refractivity contribution in [1.29, 1.82) is 0 Å². The third-order valence-electron chi connectivity index (χ3n) is 2.73. The zero-order chi connectivity index (χ0) is 13.5. The number of carbonyl (C=O) groups excluding carboxylic acids is 1. The van der Waals surface area contributed by atoms with Gasteiger partial charge in [0.25, 0.3) is 0 Å². The van der Waals surface area contributed by atoms with Gasteiger partial charge in [-0.1, -0.05) is 17.7 Å². The van der Waals surface area contributed by atoms with E-state index in [2.05, 4.69) is 4.74 Å². The van der Waals surface area contributed by atoms with E-state index in [0.717, 1.165) is 5.56 Å². The van der Waals surface area contributed by atoms with E-state index in [1.54, 1.807) is 13.2 Å². The standard InChI is InChI=1S/C13H18ClNO3/c1-17-9-6-7-10(11(14)8-9)12(15)4-3-5-13(16)18-2/h6-8,12H,3-5,15H2,1-2H3. The number of halogens is 1. The van der Waals surface area contributed by atoms with Crippen LogP contribution in [0, 0.1) is 0 Å². The Bertz CT molecular complexity index is 409. The molecule has 1 unspecified atom stereocenters. The molecule has 0 bridgehead atoms. The molecule has 1 aromatic carbocycles. The van der Waals surface area contributed by atoms with E-state index < -0.39 is 0 Å². The summed E-state index contributed by atoms with van der Waals surface area (Å²) < 4.78 is 9.64. The van der Waals surface area contributed by atoms with Crippen molar-refractivity contribution in [2.24, 2.45) is 5.73 Å². The summed E-state index contributed by atoms with van der Waals surface area (Å²) in [4.78, 5) is 11.0. The molecule has 0 radical (unpaired) electrons. The van der Waals surface area contributed by atoms with Crippen LogP contribution in [0.3, 0.4) is 0 Å². The molecule has 0 amide bonds. The van der Waals surface area contributed by atoms with Gasteiger partial charge in [0.15, 0.2) is 0 Å². The SMILES string of the molecule is COC(=O)CCCC(N)c1ccc(OC)cc1Cl. The summed E-state index contributed by atoms with van der Waals surface area (Å²) >= 11 is 6.12. The molecule has 0 fully saturated rings. The molecule has 5 heteroatoms. The quantitative estimate of drug-likeness (QED) is 0.808. The van der Waals surface area contributed by atoms with E-state index in [9.17, 15) is 4.79 Å². The van der Waals surface area contributed by atoms with Gasteiger partial charge in [-0.25, -0.2) is 0 Å². The van der Waals surface area contributed by atoms with Gasteiger partial charge >= 0.3 is 5.97 Å². The van der Waals surface area contributed by atoms with Crippen molar-refractivity contribution in [1.82, 2.24) is 0 Å². The lowest BCUT2D eigenvalue weighted by atomic mass is 10.0. The second-order valence-corrected chi connectivity index (χ2v) is 4.37. The maximum absolute atomic E-state index is 11.0. The number of carbonyl (C=O) groups is 1. The van der Waals surface area contributed by atoms with E-state index in [0.29, 0.717) is 30.0 Å². The average Bonchev–Trinajstić information content (AvgIpc) is 2.37.